The zero-order valence-electron chi connectivity index (χ0n) is 20.1. The monoisotopic (exact) mass is 452 g/mol. The van der Waals surface area contributed by atoms with Gasteiger partial charge in [0.05, 0.1) is 36.2 Å². The highest BCUT2D eigenvalue weighted by Crippen LogP contribution is 2.41. The quantitative estimate of drug-likeness (QED) is 0.691. The van der Waals surface area contributed by atoms with Gasteiger partial charge in [0.2, 0.25) is 0 Å². The molecule has 2 aliphatic heterocycles. The van der Waals surface area contributed by atoms with Crippen LogP contribution in [0.5, 0.6) is 0 Å². The molecule has 6 atom stereocenters. The molecule has 1 aliphatic carbocycles. The van der Waals surface area contributed by atoms with Gasteiger partial charge in [0, 0.05) is 38.0 Å². The van der Waals surface area contributed by atoms with Gasteiger partial charge in [-0.1, -0.05) is 6.07 Å². The Labute approximate surface area is 196 Å². The summed E-state index contributed by atoms with van der Waals surface area (Å²) in [6.45, 7) is 8.41. The average molecular weight is 453 g/mol. The fourth-order valence-corrected chi connectivity index (χ4v) is 5.99. The van der Waals surface area contributed by atoms with Crippen LogP contribution in [0.15, 0.2) is 24.5 Å². The molecule has 2 aromatic rings. The number of nitrogens with zero attached hydrogens (tertiary/aromatic N) is 4. The third kappa shape index (κ3) is 4.49. The Bertz CT molecular complexity index is 928. The SMILES string of the molecule is COC1CC2NNC(c3ccc(N4CCCC4)nc3)C2CC1O[C@H](C)c1c(C)cnnc1C. The molecule has 4 heterocycles. The molecule has 5 rings (SSSR count). The number of ether oxygens (including phenoxy) is 2. The maximum Gasteiger partial charge on any atom is 0.128 e. The van der Waals surface area contributed by atoms with Crippen LogP contribution in [0.2, 0.25) is 0 Å². The number of hydrogen-bond donors (Lipinski definition) is 2. The smallest absolute Gasteiger partial charge is 0.128 e. The van der Waals surface area contributed by atoms with Crippen LogP contribution in [0, 0.1) is 19.8 Å². The maximum atomic E-state index is 6.65. The number of fused-ring (bicyclic) bond motifs is 1. The summed E-state index contributed by atoms with van der Waals surface area (Å²) in [4.78, 5) is 7.16. The van der Waals surface area contributed by atoms with Crippen molar-refractivity contribution in [2.75, 3.05) is 25.1 Å². The van der Waals surface area contributed by atoms with Crippen molar-refractivity contribution in [2.24, 2.45) is 5.92 Å². The summed E-state index contributed by atoms with van der Waals surface area (Å²) in [5, 5.41) is 8.31. The Morgan fingerprint density at radius 2 is 1.88 bits per heavy atom. The molecule has 3 aliphatic rings. The van der Waals surface area contributed by atoms with Crippen LogP contribution < -0.4 is 15.8 Å². The van der Waals surface area contributed by atoms with Gasteiger partial charge in [-0.15, -0.1) is 0 Å². The van der Waals surface area contributed by atoms with Gasteiger partial charge in [-0.3, -0.25) is 5.43 Å². The van der Waals surface area contributed by atoms with E-state index in [-0.39, 0.29) is 24.4 Å². The minimum atomic E-state index is -0.0677. The first kappa shape index (κ1) is 22.7. The number of methoxy groups -OCH3 is 1. The Morgan fingerprint density at radius 3 is 2.58 bits per heavy atom. The number of aromatic nitrogens is 3. The van der Waals surface area contributed by atoms with Gasteiger partial charge < -0.3 is 14.4 Å². The second kappa shape index (κ2) is 9.62. The lowest BCUT2D eigenvalue weighted by molar-refractivity contribution is -0.117. The van der Waals surface area contributed by atoms with E-state index in [9.17, 15) is 0 Å². The molecule has 33 heavy (non-hydrogen) atoms. The Morgan fingerprint density at radius 1 is 1.06 bits per heavy atom. The van der Waals surface area contributed by atoms with Gasteiger partial charge in [-0.25, -0.2) is 10.4 Å². The predicted octanol–water partition coefficient (Wildman–Crippen LogP) is 3.18. The number of pyridine rings is 1. The van der Waals surface area contributed by atoms with Crippen LogP contribution in [-0.4, -0.2) is 53.6 Å². The van der Waals surface area contributed by atoms with E-state index in [1.165, 1.54) is 18.4 Å². The fraction of sp³-hybridized carbons (Fsp3) is 0.640. The number of hydrogen-bond acceptors (Lipinski definition) is 8. The minimum absolute atomic E-state index is 0.0132. The summed E-state index contributed by atoms with van der Waals surface area (Å²) in [7, 11) is 1.79. The number of aryl methyl sites for hydroxylation is 2. The molecule has 3 fully saturated rings. The van der Waals surface area contributed by atoms with Crippen LogP contribution in [-0.2, 0) is 9.47 Å². The lowest BCUT2D eigenvalue weighted by atomic mass is 9.77. The molecule has 0 radical (unpaired) electrons. The highest BCUT2D eigenvalue weighted by Gasteiger charge is 2.46. The summed E-state index contributed by atoms with van der Waals surface area (Å²) < 4.78 is 12.5. The summed E-state index contributed by atoms with van der Waals surface area (Å²) in [5.74, 6) is 1.50. The Kier molecular flexibility index (Phi) is 6.60. The normalized spacial score (nSPS) is 30.4. The third-order valence-corrected chi connectivity index (χ3v) is 7.70. The number of anilines is 1. The molecule has 0 bridgehead atoms. The summed E-state index contributed by atoms with van der Waals surface area (Å²) in [6, 6.07) is 4.97. The zero-order valence-corrected chi connectivity index (χ0v) is 20.1. The Balaban J connectivity index is 1.31. The molecule has 5 unspecified atom stereocenters. The Hall–Kier alpha value is -2.13. The molecule has 2 N–H and O–H groups in total. The number of rotatable bonds is 6. The molecule has 2 aromatic heterocycles. The van der Waals surface area contributed by atoms with Crippen molar-refractivity contribution in [2.45, 2.75) is 76.9 Å². The second-order valence-corrected chi connectivity index (χ2v) is 9.77. The van der Waals surface area contributed by atoms with E-state index < -0.39 is 0 Å². The van der Waals surface area contributed by atoms with Crippen molar-refractivity contribution in [1.82, 2.24) is 26.0 Å². The van der Waals surface area contributed by atoms with Crippen LogP contribution >= 0.6 is 0 Å². The van der Waals surface area contributed by atoms with Crippen molar-refractivity contribution in [1.29, 1.82) is 0 Å². The topological polar surface area (TPSA) is 84.4 Å². The van der Waals surface area contributed by atoms with Crippen LogP contribution in [0.1, 0.15) is 67.1 Å². The molecular weight excluding hydrogens is 416 g/mol. The molecule has 178 valence electrons. The van der Waals surface area contributed by atoms with E-state index in [1.807, 2.05) is 19.3 Å². The van der Waals surface area contributed by atoms with E-state index in [4.69, 9.17) is 14.5 Å². The molecule has 8 nitrogen and oxygen atoms in total. The van der Waals surface area contributed by atoms with E-state index in [2.05, 4.69) is 51.9 Å². The molecule has 2 saturated heterocycles. The van der Waals surface area contributed by atoms with Crippen molar-refractivity contribution < 1.29 is 9.47 Å². The molecule has 0 amide bonds. The van der Waals surface area contributed by atoms with E-state index in [1.54, 1.807) is 7.11 Å². The molecular formula is C25H36N6O2. The predicted molar refractivity (Wildman–Crippen MR) is 127 cm³/mol. The highest BCUT2D eigenvalue weighted by atomic mass is 16.5. The number of nitrogens with one attached hydrogen (secondary N) is 2. The van der Waals surface area contributed by atoms with Crippen LogP contribution in [0.4, 0.5) is 5.82 Å². The summed E-state index contributed by atoms with van der Waals surface area (Å²) >= 11 is 0. The first-order valence-electron chi connectivity index (χ1n) is 12.2. The van der Waals surface area contributed by atoms with Gasteiger partial charge in [-0.2, -0.15) is 10.2 Å². The first-order chi connectivity index (χ1) is 16.0. The minimum Gasteiger partial charge on any atom is -0.379 e. The molecule has 8 heteroatoms. The van der Waals surface area contributed by atoms with Gasteiger partial charge in [0.25, 0.3) is 0 Å². The van der Waals surface area contributed by atoms with Crippen molar-refractivity contribution in [3.05, 3.63) is 46.9 Å². The van der Waals surface area contributed by atoms with Crippen molar-refractivity contribution >= 4 is 5.82 Å². The van der Waals surface area contributed by atoms with Crippen molar-refractivity contribution in [3.8, 4) is 0 Å². The summed E-state index contributed by atoms with van der Waals surface area (Å²) in [6.07, 6.45) is 8.20. The second-order valence-electron chi connectivity index (χ2n) is 9.77. The van der Waals surface area contributed by atoms with Crippen molar-refractivity contribution in [3.63, 3.8) is 0 Å². The first-order valence-corrected chi connectivity index (χ1v) is 12.2. The maximum absolute atomic E-state index is 6.65. The van der Waals surface area contributed by atoms with Gasteiger partial charge in [0.1, 0.15) is 5.82 Å². The highest BCUT2D eigenvalue weighted by molar-refractivity contribution is 5.41. The van der Waals surface area contributed by atoms with E-state index in [0.29, 0.717) is 12.0 Å². The van der Waals surface area contributed by atoms with Crippen LogP contribution in [0.3, 0.4) is 0 Å². The third-order valence-electron chi connectivity index (χ3n) is 7.70. The lowest BCUT2D eigenvalue weighted by Gasteiger charge is -2.39. The standard InChI is InChI=1S/C25H36N6O2/c1-15-13-27-28-16(2)24(15)17(3)33-22-11-19-20(12-21(22)32-4)29-30-25(19)18-7-8-23(26-14-18)31-9-5-6-10-31/h7-8,13-14,17,19-22,25,29-30H,5-6,9-12H2,1-4H3/t17-,19?,20?,21?,22?,25?/m1/s1. The lowest BCUT2D eigenvalue weighted by Crippen LogP contribution is -2.47. The number of hydrazine groups is 1. The molecule has 1 saturated carbocycles. The summed E-state index contributed by atoms with van der Waals surface area (Å²) in [5.41, 5.74) is 11.5. The largest absolute Gasteiger partial charge is 0.379 e. The van der Waals surface area contributed by atoms with E-state index >= 15 is 0 Å². The molecule has 0 spiro atoms. The molecule has 0 aromatic carbocycles. The van der Waals surface area contributed by atoms with Gasteiger partial charge in [0.15, 0.2) is 0 Å². The zero-order chi connectivity index (χ0) is 22.9. The van der Waals surface area contributed by atoms with E-state index in [0.717, 1.165) is 48.6 Å². The average Bonchev–Trinajstić information content (AvgIpc) is 3.49. The van der Waals surface area contributed by atoms with Gasteiger partial charge >= 0.3 is 0 Å². The van der Waals surface area contributed by atoms with Crippen LogP contribution in [0.25, 0.3) is 0 Å². The fourth-order valence-electron chi connectivity index (χ4n) is 5.99. The van der Waals surface area contributed by atoms with Gasteiger partial charge in [-0.05, 0) is 69.6 Å².